The molecule has 9 nitrogen and oxygen atoms in total. The molecule has 0 aromatic carbocycles. The summed E-state index contributed by atoms with van der Waals surface area (Å²) in [6.07, 6.45) is 0.501. The van der Waals surface area contributed by atoms with Crippen molar-refractivity contribution in [1.82, 2.24) is 0 Å². The van der Waals surface area contributed by atoms with E-state index in [1.54, 1.807) is 6.08 Å². The molecule has 0 aromatic rings. The molecule has 0 aliphatic carbocycles. The van der Waals surface area contributed by atoms with E-state index in [-0.39, 0.29) is 0 Å². The van der Waals surface area contributed by atoms with E-state index in [2.05, 4.69) is 0 Å². The van der Waals surface area contributed by atoms with E-state index in [0.717, 1.165) is 13.8 Å². The van der Waals surface area contributed by atoms with Crippen LogP contribution in [0.4, 0.5) is 0 Å². The van der Waals surface area contributed by atoms with Gasteiger partial charge in [0, 0.05) is 33.3 Å². The van der Waals surface area contributed by atoms with Crippen molar-refractivity contribution in [3.63, 3.8) is 0 Å². The Bertz CT molecular complexity index is 622. The van der Waals surface area contributed by atoms with E-state index in [0.29, 0.717) is 6.42 Å². The number of aliphatic hydroxyl groups is 1. The van der Waals surface area contributed by atoms with Crippen LogP contribution in [0, 0.1) is 0 Å². The molecular weight excluding hydrogens is 360 g/mol. The number of hydrogen-bond acceptors (Lipinski definition) is 9. The van der Waals surface area contributed by atoms with Crippen LogP contribution in [0.15, 0.2) is 24.3 Å². The molecule has 27 heavy (non-hydrogen) atoms. The predicted octanol–water partition coefficient (Wildman–Crippen LogP) is 0.590. The largest absolute Gasteiger partial charge is 0.459 e. The Balaban J connectivity index is 3.00. The van der Waals surface area contributed by atoms with Crippen LogP contribution in [-0.2, 0) is 38.1 Å². The van der Waals surface area contributed by atoms with Gasteiger partial charge in [-0.15, -0.1) is 0 Å². The molecule has 0 spiro atoms. The van der Waals surface area contributed by atoms with Crippen LogP contribution in [0.5, 0.6) is 0 Å². The zero-order valence-corrected chi connectivity index (χ0v) is 15.6. The second-order valence-electron chi connectivity index (χ2n) is 5.95. The zero-order chi connectivity index (χ0) is 20.6. The smallest absolute Gasteiger partial charge is 0.331 e. The molecule has 0 saturated heterocycles. The van der Waals surface area contributed by atoms with Gasteiger partial charge >= 0.3 is 23.9 Å². The van der Waals surface area contributed by atoms with Gasteiger partial charge in [0.15, 0.2) is 6.10 Å². The summed E-state index contributed by atoms with van der Waals surface area (Å²) in [5.41, 5.74) is 0. The highest BCUT2D eigenvalue weighted by atomic mass is 16.6. The monoisotopic (exact) mass is 384 g/mol. The predicted molar refractivity (Wildman–Crippen MR) is 91.1 cm³/mol. The SMILES string of the molecule is CC(=O)O[C@H]([C@H](O)[C@@H](/C=C\[C@H]1CC=CC(=O)O1)OC(C)=O)[C@H](C)OC(C)=O. The van der Waals surface area contributed by atoms with Gasteiger partial charge in [-0.3, -0.25) is 14.4 Å². The molecule has 0 aromatic heterocycles. The summed E-state index contributed by atoms with van der Waals surface area (Å²) < 4.78 is 20.2. The summed E-state index contributed by atoms with van der Waals surface area (Å²) in [6.45, 7) is 4.88. The Morgan fingerprint density at radius 3 is 2.26 bits per heavy atom. The molecular formula is C18H24O9. The van der Waals surface area contributed by atoms with Gasteiger partial charge in [0.1, 0.15) is 24.4 Å². The van der Waals surface area contributed by atoms with Crippen molar-refractivity contribution in [2.45, 2.75) is 64.6 Å². The van der Waals surface area contributed by atoms with Crippen LogP contribution in [0.3, 0.4) is 0 Å². The van der Waals surface area contributed by atoms with Gasteiger partial charge in [0.25, 0.3) is 0 Å². The standard InChI is InChI=1S/C18H24O9/c1-10(24-11(2)19)18(26-13(4)21)17(23)15(25-12(3)20)9-8-14-6-5-7-16(22)27-14/h5,7-10,14-15,17-18,23H,6H2,1-4H3/b9-8-/t10-,14+,15+,17+,18-/m0/s1. The number of cyclic esters (lactones) is 1. The molecule has 1 rings (SSSR count). The first-order valence-corrected chi connectivity index (χ1v) is 8.35. The van der Waals surface area contributed by atoms with Crippen molar-refractivity contribution < 1.29 is 43.2 Å². The number of carbonyl (C=O) groups is 4. The normalized spacial score (nSPS) is 20.9. The van der Waals surface area contributed by atoms with Gasteiger partial charge in [0.05, 0.1) is 0 Å². The fourth-order valence-electron chi connectivity index (χ4n) is 2.45. The molecule has 0 fully saturated rings. The number of ether oxygens (including phenoxy) is 4. The van der Waals surface area contributed by atoms with E-state index in [9.17, 15) is 24.3 Å². The molecule has 0 radical (unpaired) electrons. The summed E-state index contributed by atoms with van der Waals surface area (Å²) in [5.74, 6) is -2.55. The van der Waals surface area contributed by atoms with E-state index >= 15 is 0 Å². The molecule has 5 atom stereocenters. The summed E-state index contributed by atoms with van der Waals surface area (Å²) in [5, 5.41) is 10.6. The van der Waals surface area contributed by atoms with Crippen molar-refractivity contribution in [2.75, 3.05) is 0 Å². The second kappa shape index (κ2) is 10.5. The fourth-order valence-corrected chi connectivity index (χ4v) is 2.45. The Morgan fingerprint density at radius 1 is 1.15 bits per heavy atom. The van der Waals surface area contributed by atoms with E-state index < -0.39 is 54.4 Å². The maximum Gasteiger partial charge on any atom is 0.331 e. The van der Waals surface area contributed by atoms with Gasteiger partial charge in [-0.2, -0.15) is 0 Å². The lowest BCUT2D eigenvalue weighted by atomic mass is 10.0. The number of carbonyl (C=O) groups excluding carboxylic acids is 4. The fraction of sp³-hybridized carbons (Fsp3) is 0.556. The maximum absolute atomic E-state index is 11.4. The summed E-state index contributed by atoms with van der Waals surface area (Å²) in [4.78, 5) is 45.2. The number of rotatable bonds is 8. The Morgan fingerprint density at radius 2 is 1.74 bits per heavy atom. The minimum Gasteiger partial charge on any atom is -0.459 e. The van der Waals surface area contributed by atoms with E-state index in [1.807, 2.05) is 0 Å². The molecule has 150 valence electrons. The first-order valence-electron chi connectivity index (χ1n) is 8.35. The van der Waals surface area contributed by atoms with Gasteiger partial charge in [-0.05, 0) is 19.1 Å². The van der Waals surface area contributed by atoms with Crippen LogP contribution in [0.25, 0.3) is 0 Å². The number of aliphatic hydroxyl groups excluding tert-OH is 1. The lowest BCUT2D eigenvalue weighted by Gasteiger charge is -2.31. The Labute approximate surface area is 156 Å². The maximum atomic E-state index is 11.4. The lowest BCUT2D eigenvalue weighted by molar-refractivity contribution is -0.182. The summed E-state index contributed by atoms with van der Waals surface area (Å²) in [7, 11) is 0. The highest BCUT2D eigenvalue weighted by Crippen LogP contribution is 2.18. The van der Waals surface area contributed by atoms with Crippen molar-refractivity contribution in [2.24, 2.45) is 0 Å². The summed E-state index contributed by atoms with van der Waals surface area (Å²) >= 11 is 0. The minimum absolute atomic E-state index is 0.419. The second-order valence-corrected chi connectivity index (χ2v) is 5.95. The highest BCUT2D eigenvalue weighted by Gasteiger charge is 2.36. The van der Waals surface area contributed by atoms with Crippen molar-refractivity contribution in [3.05, 3.63) is 24.3 Å². The van der Waals surface area contributed by atoms with Crippen LogP contribution in [0.1, 0.15) is 34.1 Å². The van der Waals surface area contributed by atoms with Crippen molar-refractivity contribution in [1.29, 1.82) is 0 Å². The molecule has 9 heteroatoms. The average molecular weight is 384 g/mol. The molecule has 1 N–H and O–H groups in total. The molecule has 0 bridgehead atoms. The highest BCUT2D eigenvalue weighted by molar-refractivity contribution is 5.82. The van der Waals surface area contributed by atoms with Gasteiger partial charge < -0.3 is 24.1 Å². The Hall–Kier alpha value is -2.68. The number of esters is 4. The third-order valence-electron chi connectivity index (χ3n) is 3.50. The summed E-state index contributed by atoms with van der Waals surface area (Å²) in [6, 6.07) is 0. The van der Waals surface area contributed by atoms with E-state index in [1.165, 1.54) is 32.1 Å². The van der Waals surface area contributed by atoms with Crippen molar-refractivity contribution in [3.8, 4) is 0 Å². The van der Waals surface area contributed by atoms with Gasteiger partial charge in [-0.25, -0.2) is 4.79 Å². The van der Waals surface area contributed by atoms with Gasteiger partial charge in [0.2, 0.25) is 0 Å². The van der Waals surface area contributed by atoms with Crippen LogP contribution >= 0.6 is 0 Å². The molecule has 0 saturated carbocycles. The minimum atomic E-state index is -1.53. The van der Waals surface area contributed by atoms with Crippen LogP contribution in [0.2, 0.25) is 0 Å². The van der Waals surface area contributed by atoms with Crippen LogP contribution in [-0.4, -0.2) is 59.5 Å². The molecule has 1 heterocycles. The molecule has 1 aliphatic rings. The quantitative estimate of drug-likeness (QED) is 0.363. The number of hydrogen-bond donors (Lipinski definition) is 1. The van der Waals surface area contributed by atoms with Gasteiger partial charge in [-0.1, -0.05) is 6.08 Å². The Kier molecular flexibility index (Phi) is 8.67. The first kappa shape index (κ1) is 22.4. The molecule has 0 amide bonds. The zero-order valence-electron chi connectivity index (χ0n) is 15.6. The van der Waals surface area contributed by atoms with Crippen molar-refractivity contribution >= 4 is 23.9 Å². The van der Waals surface area contributed by atoms with E-state index in [4.69, 9.17) is 18.9 Å². The molecule has 1 aliphatic heterocycles. The average Bonchev–Trinajstić information content (AvgIpc) is 2.54. The topological polar surface area (TPSA) is 125 Å². The third-order valence-corrected chi connectivity index (χ3v) is 3.50. The first-order chi connectivity index (χ1) is 12.6. The lowest BCUT2D eigenvalue weighted by Crippen LogP contribution is -2.48. The molecule has 0 unspecified atom stereocenters. The van der Waals surface area contributed by atoms with Crippen LogP contribution < -0.4 is 0 Å². The third kappa shape index (κ3) is 8.04.